The number of H-pyrrole nitrogens is 1. The van der Waals surface area contributed by atoms with E-state index in [1.54, 1.807) is 24.4 Å². The number of aromatic nitrogens is 2. The van der Waals surface area contributed by atoms with Gasteiger partial charge in [-0.15, -0.1) is 0 Å². The van der Waals surface area contributed by atoms with Crippen molar-refractivity contribution in [1.29, 1.82) is 0 Å². The topological polar surface area (TPSA) is 151 Å². The summed E-state index contributed by atoms with van der Waals surface area (Å²) in [6.07, 6.45) is -0.0233. The van der Waals surface area contributed by atoms with E-state index >= 15 is 0 Å². The molecule has 1 aromatic heterocycles. The van der Waals surface area contributed by atoms with E-state index in [4.69, 9.17) is 29.2 Å². The molecule has 0 bridgehead atoms. The van der Waals surface area contributed by atoms with Crippen molar-refractivity contribution in [3.05, 3.63) is 47.7 Å². The Morgan fingerprint density at radius 2 is 1.86 bits per heavy atom. The molecule has 3 aromatic rings. The van der Waals surface area contributed by atoms with Gasteiger partial charge in [-0.05, 0) is 36.8 Å². The number of sulfone groups is 1. The van der Waals surface area contributed by atoms with E-state index in [1.165, 1.54) is 6.07 Å². The molecular formula is C20H16F3N2NaO8S. The number of hydrogen-bond donors (Lipinski definition) is 2. The van der Waals surface area contributed by atoms with E-state index in [0.29, 0.717) is 11.3 Å². The van der Waals surface area contributed by atoms with Crippen LogP contribution in [0.5, 0.6) is 11.5 Å². The van der Waals surface area contributed by atoms with Crippen molar-refractivity contribution in [1.82, 2.24) is 10.2 Å². The van der Waals surface area contributed by atoms with Crippen LogP contribution in [0.1, 0.15) is 17.5 Å². The summed E-state index contributed by atoms with van der Waals surface area (Å²) >= 11 is 0. The number of carbonyl (C=O) groups is 1. The molecular weight excluding hydrogens is 508 g/mol. The Kier molecular flexibility index (Phi) is 7.74. The van der Waals surface area contributed by atoms with E-state index in [2.05, 4.69) is 10.2 Å². The predicted octanol–water partition coefficient (Wildman–Crippen LogP) is -0.314. The maximum absolute atomic E-state index is 13.3. The van der Waals surface area contributed by atoms with Gasteiger partial charge in [-0.2, -0.15) is 18.3 Å². The van der Waals surface area contributed by atoms with Gasteiger partial charge in [-0.1, -0.05) is 0 Å². The van der Waals surface area contributed by atoms with Crippen LogP contribution in [-0.4, -0.2) is 48.6 Å². The molecule has 1 aliphatic carbocycles. The Balaban J connectivity index is 0.000000638. The standard InChI is InChI=1S/C19H15F3N2O5S.CH2O3.Na/c20-19(21,22)30(25,26)16-4-3-15(13-5-6-18(17(13)16)27-7-8-28-18)29-12-1-2-14-11(9-12)10-23-24-14;2-1(3)4;/h1-4,9-10H,5-8H2,(H,23,24);(H2,2,3,4);/q;;+1/p-1. The van der Waals surface area contributed by atoms with E-state index < -0.39 is 32.2 Å². The van der Waals surface area contributed by atoms with E-state index in [-0.39, 0.29) is 66.9 Å². The Morgan fingerprint density at radius 1 is 1.20 bits per heavy atom. The predicted molar refractivity (Wildman–Crippen MR) is 106 cm³/mol. The number of ether oxygens (including phenoxy) is 3. The van der Waals surface area contributed by atoms with Crippen molar-refractivity contribution < 1.29 is 80.4 Å². The fourth-order valence-electron chi connectivity index (χ4n) is 3.99. The van der Waals surface area contributed by atoms with Crippen molar-refractivity contribution in [2.75, 3.05) is 13.2 Å². The van der Waals surface area contributed by atoms with Crippen molar-refractivity contribution >= 4 is 26.9 Å². The van der Waals surface area contributed by atoms with Gasteiger partial charge in [0, 0.05) is 22.9 Å². The van der Waals surface area contributed by atoms with Crippen molar-refractivity contribution in [3.8, 4) is 11.5 Å². The van der Waals surface area contributed by atoms with Crippen LogP contribution in [0.4, 0.5) is 18.0 Å². The molecule has 2 aliphatic rings. The summed E-state index contributed by atoms with van der Waals surface area (Å²) in [5, 5.41) is 22.8. The summed E-state index contributed by atoms with van der Waals surface area (Å²) in [6, 6.07) is 7.31. The van der Waals surface area contributed by atoms with Crippen LogP contribution in [-0.2, 0) is 31.5 Å². The van der Waals surface area contributed by atoms with Gasteiger partial charge in [-0.25, -0.2) is 8.42 Å². The third-order valence-corrected chi connectivity index (χ3v) is 6.83. The first-order chi connectivity index (χ1) is 15.9. The molecule has 10 nitrogen and oxygen atoms in total. The van der Waals surface area contributed by atoms with Gasteiger partial charge >= 0.3 is 35.1 Å². The van der Waals surface area contributed by atoms with Gasteiger partial charge in [0.15, 0.2) is 5.79 Å². The summed E-state index contributed by atoms with van der Waals surface area (Å²) < 4.78 is 81.6. The van der Waals surface area contributed by atoms with Gasteiger partial charge in [0.25, 0.3) is 9.84 Å². The van der Waals surface area contributed by atoms with Crippen LogP contribution in [0.3, 0.4) is 0 Å². The molecule has 1 aliphatic heterocycles. The maximum atomic E-state index is 13.3. The number of carboxylic acid groups (broad SMARTS) is 2. The second kappa shape index (κ2) is 9.95. The van der Waals surface area contributed by atoms with Crippen LogP contribution in [0.25, 0.3) is 10.9 Å². The van der Waals surface area contributed by atoms with Gasteiger partial charge in [0.1, 0.15) is 11.5 Å². The van der Waals surface area contributed by atoms with Crippen LogP contribution in [0.15, 0.2) is 41.4 Å². The maximum Gasteiger partial charge on any atom is 1.00 e. The minimum Gasteiger partial charge on any atom is -0.565 e. The molecule has 182 valence electrons. The summed E-state index contributed by atoms with van der Waals surface area (Å²) in [5.41, 5.74) is -4.45. The molecule has 15 heteroatoms. The molecule has 0 saturated carbocycles. The van der Waals surface area contributed by atoms with E-state index in [0.717, 1.165) is 17.0 Å². The zero-order valence-corrected chi connectivity index (χ0v) is 20.9. The van der Waals surface area contributed by atoms with Gasteiger partial charge in [-0.3, -0.25) is 5.10 Å². The molecule has 1 fully saturated rings. The number of alkyl halides is 3. The average molecular weight is 524 g/mol. The molecule has 5 rings (SSSR count). The minimum absolute atomic E-state index is 0. The third kappa shape index (κ3) is 5.13. The van der Waals surface area contributed by atoms with Gasteiger partial charge < -0.3 is 29.2 Å². The van der Waals surface area contributed by atoms with Crippen molar-refractivity contribution in [2.45, 2.75) is 29.0 Å². The molecule has 0 radical (unpaired) electrons. The molecule has 1 saturated heterocycles. The first-order valence-electron chi connectivity index (χ1n) is 9.71. The van der Waals surface area contributed by atoms with Crippen LogP contribution >= 0.6 is 0 Å². The normalized spacial score (nSPS) is 16.3. The molecule has 0 atom stereocenters. The first-order valence-corrected chi connectivity index (χ1v) is 11.2. The van der Waals surface area contributed by atoms with E-state index in [9.17, 15) is 21.6 Å². The molecule has 0 unspecified atom stereocenters. The Bertz CT molecular complexity index is 1350. The van der Waals surface area contributed by atoms with Crippen LogP contribution in [0.2, 0.25) is 0 Å². The summed E-state index contributed by atoms with van der Waals surface area (Å²) in [6.45, 7) is 0.320. The fourth-order valence-corrected chi connectivity index (χ4v) is 5.03. The summed E-state index contributed by atoms with van der Waals surface area (Å²) in [7, 11) is -5.60. The third-order valence-electron chi connectivity index (χ3n) is 5.30. The zero-order chi connectivity index (χ0) is 24.7. The Morgan fingerprint density at radius 3 is 2.49 bits per heavy atom. The SMILES string of the molecule is O=C([O-])O.O=S(=O)(c1ccc(Oc2ccc3[nH]ncc3c2)c2c1C1(CC2)OCCO1)C(F)(F)F.[Na+]. The molecule has 1 spiro atoms. The Labute approximate surface area is 218 Å². The smallest absolute Gasteiger partial charge is 0.565 e. The summed E-state index contributed by atoms with van der Waals surface area (Å²) in [4.78, 5) is 7.59. The monoisotopic (exact) mass is 524 g/mol. The molecule has 2 heterocycles. The first kappa shape index (κ1) is 27.2. The number of rotatable bonds is 3. The van der Waals surface area contributed by atoms with Crippen LogP contribution in [0, 0.1) is 0 Å². The number of aromatic amines is 1. The fraction of sp³-hybridized carbons (Fsp3) is 0.300. The van der Waals surface area contributed by atoms with Gasteiger partial charge in [0.2, 0.25) is 6.16 Å². The minimum atomic E-state index is -5.60. The van der Waals surface area contributed by atoms with Gasteiger partial charge in [0.05, 0.1) is 29.8 Å². The largest absolute Gasteiger partial charge is 1.00 e. The number of fused-ring (bicyclic) bond motifs is 3. The molecule has 35 heavy (non-hydrogen) atoms. The molecule has 2 N–H and O–H groups in total. The van der Waals surface area contributed by atoms with Crippen molar-refractivity contribution in [2.24, 2.45) is 0 Å². The number of nitrogens with zero attached hydrogens (tertiary/aromatic N) is 1. The Hall–Kier alpha value is -2.36. The zero-order valence-electron chi connectivity index (χ0n) is 18.1. The number of halogens is 3. The van der Waals surface area contributed by atoms with E-state index in [1.807, 2.05) is 0 Å². The van der Waals surface area contributed by atoms with Crippen molar-refractivity contribution in [3.63, 3.8) is 0 Å². The quantitative estimate of drug-likeness (QED) is 0.440. The number of hydrogen-bond acceptors (Lipinski definition) is 8. The number of benzene rings is 2. The average Bonchev–Trinajstić information content (AvgIpc) is 3.48. The second-order valence-corrected chi connectivity index (χ2v) is 9.21. The number of nitrogens with one attached hydrogen (secondary N) is 1. The van der Waals surface area contributed by atoms with Crippen LogP contribution < -0.4 is 39.4 Å². The summed E-state index contributed by atoms with van der Waals surface area (Å²) in [5.74, 6) is -0.826. The second-order valence-electron chi connectivity index (χ2n) is 7.30. The molecule has 0 amide bonds. The molecule has 2 aromatic carbocycles.